The molecular formula is C43H31NS. The first kappa shape index (κ1) is 26.2. The van der Waals surface area contributed by atoms with Crippen molar-refractivity contribution in [1.29, 1.82) is 0 Å². The van der Waals surface area contributed by atoms with Crippen LogP contribution < -0.4 is 4.90 Å². The maximum Gasteiger partial charge on any atom is 0.0546 e. The maximum atomic E-state index is 2.52. The molecule has 0 bridgehead atoms. The Labute approximate surface area is 267 Å². The molecule has 0 N–H and O–H groups in total. The number of hydrogen-bond acceptors (Lipinski definition) is 2. The number of hydrogen-bond donors (Lipinski definition) is 0. The molecule has 214 valence electrons. The maximum absolute atomic E-state index is 2.52. The molecule has 0 spiro atoms. The standard InChI is InChI=1S/C43H31NS/c1-43(2)35-19-10-8-18-34(35)42-36(43)20-12-21-37(42)44(30-24-25-33-32-17-9-11-22-39(32)45-40(33)27-30)38-26-23-28-13-6-7-16-31(28)41(38)29-14-4-3-5-15-29/h3-27H,1-2H3. The molecule has 1 heterocycles. The van der Waals surface area contributed by atoms with Crippen LogP contribution in [0.2, 0.25) is 0 Å². The average molecular weight is 594 g/mol. The first-order valence-corrected chi connectivity index (χ1v) is 16.4. The van der Waals surface area contributed by atoms with E-state index in [4.69, 9.17) is 0 Å². The third kappa shape index (κ3) is 3.92. The van der Waals surface area contributed by atoms with E-state index < -0.39 is 0 Å². The number of benzene rings is 7. The number of fused-ring (bicyclic) bond motifs is 7. The van der Waals surface area contributed by atoms with Crippen LogP contribution in [-0.4, -0.2) is 0 Å². The molecule has 0 radical (unpaired) electrons. The van der Waals surface area contributed by atoms with Gasteiger partial charge in [0.25, 0.3) is 0 Å². The van der Waals surface area contributed by atoms with Gasteiger partial charge in [0.05, 0.1) is 11.4 Å². The van der Waals surface area contributed by atoms with Crippen LogP contribution in [-0.2, 0) is 5.41 Å². The smallest absolute Gasteiger partial charge is 0.0546 e. The predicted octanol–water partition coefficient (Wildman–Crippen LogP) is 12.7. The molecule has 1 aliphatic carbocycles. The molecular weight excluding hydrogens is 563 g/mol. The van der Waals surface area contributed by atoms with E-state index in [2.05, 4.69) is 170 Å². The van der Waals surface area contributed by atoms with Gasteiger partial charge in [-0.15, -0.1) is 11.3 Å². The van der Waals surface area contributed by atoms with Crippen LogP contribution >= 0.6 is 11.3 Å². The summed E-state index contributed by atoms with van der Waals surface area (Å²) in [5, 5.41) is 5.13. The third-order valence-corrected chi connectivity index (χ3v) is 10.8. The van der Waals surface area contributed by atoms with Gasteiger partial charge in [0, 0.05) is 42.4 Å². The molecule has 7 aromatic carbocycles. The Morgan fingerprint density at radius 2 is 1.18 bits per heavy atom. The molecule has 0 saturated carbocycles. The zero-order valence-corrected chi connectivity index (χ0v) is 26.1. The lowest BCUT2D eigenvalue weighted by Crippen LogP contribution is -2.16. The van der Waals surface area contributed by atoms with Crippen molar-refractivity contribution in [1.82, 2.24) is 0 Å². The third-order valence-electron chi connectivity index (χ3n) is 9.66. The van der Waals surface area contributed by atoms with E-state index in [9.17, 15) is 0 Å². The Hall–Kier alpha value is -5.18. The van der Waals surface area contributed by atoms with Crippen molar-refractivity contribution in [2.75, 3.05) is 4.90 Å². The van der Waals surface area contributed by atoms with Gasteiger partial charge < -0.3 is 4.90 Å². The summed E-state index contributed by atoms with van der Waals surface area (Å²) < 4.78 is 2.62. The van der Waals surface area contributed by atoms with Gasteiger partial charge >= 0.3 is 0 Å². The van der Waals surface area contributed by atoms with Gasteiger partial charge in [-0.05, 0) is 63.4 Å². The van der Waals surface area contributed by atoms with Gasteiger partial charge in [0.2, 0.25) is 0 Å². The highest BCUT2D eigenvalue weighted by Crippen LogP contribution is 2.55. The van der Waals surface area contributed by atoms with Crippen molar-refractivity contribution in [3.63, 3.8) is 0 Å². The van der Waals surface area contributed by atoms with Gasteiger partial charge in [-0.25, -0.2) is 0 Å². The average Bonchev–Trinajstić information content (AvgIpc) is 3.57. The van der Waals surface area contributed by atoms with E-state index in [1.165, 1.54) is 75.7 Å². The topological polar surface area (TPSA) is 3.24 Å². The number of rotatable bonds is 4. The lowest BCUT2D eigenvalue weighted by molar-refractivity contribution is 0.660. The molecule has 1 nitrogen and oxygen atoms in total. The van der Waals surface area contributed by atoms with Gasteiger partial charge in [-0.3, -0.25) is 0 Å². The summed E-state index contributed by atoms with van der Waals surface area (Å²) in [7, 11) is 0. The second kappa shape index (κ2) is 9.92. The second-order valence-corrected chi connectivity index (χ2v) is 13.6. The van der Waals surface area contributed by atoms with Crippen LogP contribution in [0.1, 0.15) is 25.0 Å². The minimum atomic E-state index is -0.0886. The van der Waals surface area contributed by atoms with Crippen molar-refractivity contribution in [3.8, 4) is 22.3 Å². The fourth-order valence-corrected chi connectivity index (χ4v) is 8.68. The Balaban J connectivity index is 1.40. The molecule has 9 rings (SSSR count). The molecule has 0 aliphatic heterocycles. The Morgan fingerprint density at radius 1 is 0.489 bits per heavy atom. The zero-order valence-electron chi connectivity index (χ0n) is 25.3. The van der Waals surface area contributed by atoms with Crippen LogP contribution in [0.15, 0.2) is 152 Å². The highest BCUT2D eigenvalue weighted by Gasteiger charge is 2.38. The lowest BCUT2D eigenvalue weighted by Gasteiger charge is -2.31. The van der Waals surface area contributed by atoms with Gasteiger partial charge in [0.15, 0.2) is 0 Å². The molecule has 0 atom stereocenters. The molecule has 0 amide bonds. The van der Waals surface area contributed by atoms with Crippen molar-refractivity contribution >= 4 is 59.3 Å². The molecule has 0 fully saturated rings. The molecule has 1 aromatic heterocycles. The van der Waals surface area contributed by atoms with E-state index >= 15 is 0 Å². The monoisotopic (exact) mass is 593 g/mol. The fraction of sp³-hybridized carbons (Fsp3) is 0.0698. The van der Waals surface area contributed by atoms with Crippen molar-refractivity contribution in [2.45, 2.75) is 19.3 Å². The number of nitrogens with zero attached hydrogens (tertiary/aromatic N) is 1. The summed E-state index contributed by atoms with van der Waals surface area (Å²) in [6.07, 6.45) is 0. The molecule has 2 heteroatoms. The van der Waals surface area contributed by atoms with E-state index in [0.29, 0.717) is 0 Å². The molecule has 0 saturated heterocycles. The predicted molar refractivity (Wildman–Crippen MR) is 195 cm³/mol. The number of anilines is 3. The van der Waals surface area contributed by atoms with Crippen LogP contribution in [0.5, 0.6) is 0 Å². The van der Waals surface area contributed by atoms with E-state index in [1.54, 1.807) is 0 Å². The molecule has 8 aromatic rings. The van der Waals surface area contributed by atoms with E-state index in [-0.39, 0.29) is 5.41 Å². The molecule has 45 heavy (non-hydrogen) atoms. The molecule has 1 aliphatic rings. The summed E-state index contributed by atoms with van der Waals surface area (Å²) in [6.45, 7) is 4.72. The molecule has 0 unspecified atom stereocenters. The largest absolute Gasteiger partial charge is 0.309 e. The van der Waals surface area contributed by atoms with Gasteiger partial charge in [-0.2, -0.15) is 0 Å². The quantitative estimate of drug-likeness (QED) is 0.196. The highest BCUT2D eigenvalue weighted by molar-refractivity contribution is 7.25. The highest BCUT2D eigenvalue weighted by atomic mass is 32.1. The minimum absolute atomic E-state index is 0.0886. The Morgan fingerprint density at radius 3 is 2.07 bits per heavy atom. The summed E-state index contributed by atoms with van der Waals surface area (Å²) in [6, 6.07) is 55.9. The fourth-order valence-electron chi connectivity index (χ4n) is 7.54. The van der Waals surface area contributed by atoms with Crippen LogP contribution in [0.3, 0.4) is 0 Å². The summed E-state index contributed by atoms with van der Waals surface area (Å²) >= 11 is 1.87. The van der Waals surface area contributed by atoms with Gasteiger partial charge in [-0.1, -0.05) is 135 Å². The van der Waals surface area contributed by atoms with Crippen molar-refractivity contribution < 1.29 is 0 Å². The SMILES string of the molecule is CC1(C)c2ccccc2-c2c(N(c3ccc4c(c3)sc3ccccc34)c3ccc4ccccc4c3-c3ccccc3)cccc21. The minimum Gasteiger partial charge on any atom is -0.309 e. The van der Waals surface area contributed by atoms with Crippen LogP contribution in [0.4, 0.5) is 17.1 Å². The summed E-state index contributed by atoms with van der Waals surface area (Å²) in [5.74, 6) is 0. The first-order chi connectivity index (χ1) is 22.1. The zero-order chi connectivity index (χ0) is 30.1. The Bertz CT molecular complexity index is 2410. The van der Waals surface area contributed by atoms with Crippen molar-refractivity contribution in [2.24, 2.45) is 0 Å². The normalized spacial score (nSPS) is 13.3. The summed E-state index contributed by atoms with van der Waals surface area (Å²) in [4.78, 5) is 2.52. The lowest BCUT2D eigenvalue weighted by atomic mass is 9.82. The van der Waals surface area contributed by atoms with E-state index in [1.807, 2.05) is 11.3 Å². The summed E-state index contributed by atoms with van der Waals surface area (Å²) in [5.41, 5.74) is 11.3. The van der Waals surface area contributed by atoms with Gasteiger partial charge in [0.1, 0.15) is 0 Å². The van der Waals surface area contributed by atoms with Crippen molar-refractivity contribution in [3.05, 3.63) is 163 Å². The number of thiophene rings is 1. The first-order valence-electron chi connectivity index (χ1n) is 15.6. The van der Waals surface area contributed by atoms with Crippen LogP contribution in [0, 0.1) is 0 Å². The van der Waals surface area contributed by atoms with Crippen LogP contribution in [0.25, 0.3) is 53.2 Å². The Kier molecular flexibility index (Phi) is 5.78. The second-order valence-electron chi connectivity index (χ2n) is 12.5. The van der Waals surface area contributed by atoms with E-state index in [0.717, 1.165) is 5.69 Å².